The summed E-state index contributed by atoms with van der Waals surface area (Å²) in [5, 5.41) is 0. The van der Waals surface area contributed by atoms with Gasteiger partial charge in [0.25, 0.3) is 0 Å². The van der Waals surface area contributed by atoms with Crippen LogP contribution in [0.2, 0.25) is 0 Å². The maximum Gasteiger partial charge on any atom is 0.129 e. The first-order valence-corrected chi connectivity index (χ1v) is 8.83. The molecule has 1 fully saturated rings. The van der Waals surface area contributed by atoms with Gasteiger partial charge in [-0.25, -0.2) is 8.78 Å². The lowest BCUT2D eigenvalue weighted by Gasteiger charge is -2.34. The molecule has 2 atom stereocenters. The molecule has 24 heavy (non-hydrogen) atoms. The highest BCUT2D eigenvalue weighted by molar-refractivity contribution is 9.10. The molecule has 2 aliphatic rings. The van der Waals surface area contributed by atoms with Crippen molar-refractivity contribution in [3.05, 3.63) is 63.4 Å². The number of hydrogen-bond acceptors (Lipinski definition) is 3. The van der Waals surface area contributed by atoms with Gasteiger partial charge in [-0.3, -0.25) is 9.88 Å². The van der Waals surface area contributed by atoms with Gasteiger partial charge in [0.05, 0.1) is 18.4 Å². The smallest absolute Gasteiger partial charge is 0.129 e. The normalized spacial score (nSPS) is 24.1. The van der Waals surface area contributed by atoms with Crippen molar-refractivity contribution in [2.45, 2.75) is 38.1 Å². The molecule has 1 aromatic carbocycles. The Balaban J connectivity index is 1.41. The quantitative estimate of drug-likeness (QED) is 0.756. The Morgan fingerprint density at radius 2 is 2.04 bits per heavy atom. The van der Waals surface area contributed by atoms with Crippen LogP contribution in [0, 0.1) is 11.6 Å². The van der Waals surface area contributed by atoms with E-state index in [1.54, 1.807) is 0 Å². The van der Waals surface area contributed by atoms with E-state index in [4.69, 9.17) is 4.74 Å². The molecule has 0 spiro atoms. The standard InChI is InChI=1S/C18H17BrF2N2O/c19-12-5-11-8-23(9-17(11)22-7-12)14-2-4-18(24-10-14)15-6-13(20)1-3-16(15)21/h1,3,5-7,14,18H,2,4,8-10H2/t14-,18+/m1/s1. The fraction of sp³-hybridized carbons (Fsp3) is 0.389. The van der Waals surface area contributed by atoms with Crippen LogP contribution in [-0.2, 0) is 17.8 Å². The minimum Gasteiger partial charge on any atom is -0.372 e. The highest BCUT2D eigenvalue weighted by Crippen LogP contribution is 2.34. The van der Waals surface area contributed by atoms with Gasteiger partial charge in [0, 0.05) is 35.4 Å². The second-order valence-electron chi connectivity index (χ2n) is 6.38. The highest BCUT2D eigenvalue weighted by atomic mass is 79.9. The average molecular weight is 395 g/mol. The van der Waals surface area contributed by atoms with Crippen LogP contribution in [0.4, 0.5) is 8.78 Å². The number of hydrogen-bond donors (Lipinski definition) is 0. The van der Waals surface area contributed by atoms with E-state index in [9.17, 15) is 8.78 Å². The van der Waals surface area contributed by atoms with E-state index in [0.717, 1.165) is 35.7 Å². The van der Waals surface area contributed by atoms with E-state index < -0.39 is 11.6 Å². The van der Waals surface area contributed by atoms with Crippen molar-refractivity contribution < 1.29 is 13.5 Å². The van der Waals surface area contributed by atoms with Crippen LogP contribution in [0.1, 0.15) is 35.8 Å². The first-order chi connectivity index (χ1) is 11.6. The summed E-state index contributed by atoms with van der Waals surface area (Å²) in [5.41, 5.74) is 2.67. The monoisotopic (exact) mass is 394 g/mol. The third-order valence-corrected chi connectivity index (χ3v) is 5.26. The fourth-order valence-electron chi connectivity index (χ4n) is 3.55. The summed E-state index contributed by atoms with van der Waals surface area (Å²) in [6, 6.07) is 5.94. The summed E-state index contributed by atoms with van der Waals surface area (Å²) in [7, 11) is 0. The minimum atomic E-state index is -0.427. The van der Waals surface area contributed by atoms with Gasteiger partial charge in [0.1, 0.15) is 11.6 Å². The zero-order valence-electron chi connectivity index (χ0n) is 13.0. The molecular formula is C18H17BrF2N2O. The molecule has 1 saturated heterocycles. The summed E-state index contributed by atoms with van der Waals surface area (Å²) >= 11 is 3.46. The fourth-order valence-corrected chi connectivity index (χ4v) is 3.93. The van der Waals surface area contributed by atoms with Gasteiger partial charge in [-0.1, -0.05) is 0 Å². The third kappa shape index (κ3) is 3.10. The molecule has 0 amide bonds. The van der Waals surface area contributed by atoms with Crippen LogP contribution in [0.5, 0.6) is 0 Å². The molecule has 0 saturated carbocycles. The molecule has 2 aliphatic heterocycles. The van der Waals surface area contributed by atoms with Gasteiger partial charge < -0.3 is 4.74 Å². The Hall–Kier alpha value is -1.37. The summed E-state index contributed by atoms with van der Waals surface area (Å²) < 4.78 is 34.1. The SMILES string of the molecule is Fc1ccc(F)c([C@@H]2CC[C@@H](N3Cc4cc(Br)cnc4C3)CO2)c1. The number of rotatable bonds is 2. The van der Waals surface area contributed by atoms with Crippen molar-refractivity contribution in [1.82, 2.24) is 9.88 Å². The maximum atomic E-state index is 13.9. The number of pyridine rings is 1. The Kier molecular flexibility index (Phi) is 4.37. The first kappa shape index (κ1) is 16.1. The summed E-state index contributed by atoms with van der Waals surface area (Å²) in [4.78, 5) is 6.82. The highest BCUT2D eigenvalue weighted by Gasteiger charge is 2.32. The van der Waals surface area contributed by atoms with Gasteiger partial charge in [-0.2, -0.15) is 0 Å². The molecule has 0 N–H and O–H groups in total. The zero-order chi connectivity index (χ0) is 16.7. The molecule has 4 rings (SSSR count). The van der Waals surface area contributed by atoms with Gasteiger partial charge in [-0.15, -0.1) is 0 Å². The lowest BCUT2D eigenvalue weighted by atomic mass is 9.97. The Morgan fingerprint density at radius 1 is 1.17 bits per heavy atom. The topological polar surface area (TPSA) is 25.4 Å². The van der Waals surface area contributed by atoms with Crippen LogP contribution in [0.25, 0.3) is 0 Å². The van der Waals surface area contributed by atoms with E-state index >= 15 is 0 Å². The predicted molar refractivity (Wildman–Crippen MR) is 89.3 cm³/mol. The van der Waals surface area contributed by atoms with E-state index in [0.29, 0.717) is 18.6 Å². The Bertz CT molecular complexity index is 763. The van der Waals surface area contributed by atoms with Gasteiger partial charge in [0.2, 0.25) is 0 Å². The summed E-state index contributed by atoms with van der Waals surface area (Å²) in [6.45, 7) is 2.19. The average Bonchev–Trinajstić information content (AvgIpc) is 3.00. The van der Waals surface area contributed by atoms with Crippen molar-refractivity contribution in [1.29, 1.82) is 0 Å². The van der Waals surface area contributed by atoms with Crippen molar-refractivity contribution in [3.8, 4) is 0 Å². The van der Waals surface area contributed by atoms with Crippen LogP contribution in [-0.4, -0.2) is 22.5 Å². The second-order valence-corrected chi connectivity index (χ2v) is 7.30. The van der Waals surface area contributed by atoms with E-state index in [2.05, 4.69) is 31.9 Å². The van der Waals surface area contributed by atoms with Crippen LogP contribution in [0.3, 0.4) is 0 Å². The van der Waals surface area contributed by atoms with E-state index in [-0.39, 0.29) is 12.1 Å². The Labute approximate surface area is 147 Å². The molecule has 0 unspecified atom stereocenters. The van der Waals surface area contributed by atoms with Gasteiger partial charge in [0.15, 0.2) is 0 Å². The Morgan fingerprint density at radius 3 is 2.83 bits per heavy atom. The number of ether oxygens (including phenoxy) is 1. The molecule has 2 aromatic rings. The van der Waals surface area contributed by atoms with Crippen molar-refractivity contribution in [3.63, 3.8) is 0 Å². The number of aromatic nitrogens is 1. The predicted octanol–water partition coefficient (Wildman–Crippen LogP) is 4.36. The third-order valence-electron chi connectivity index (χ3n) is 4.83. The second kappa shape index (κ2) is 6.50. The summed E-state index contributed by atoms with van der Waals surface area (Å²) in [5.74, 6) is -0.828. The van der Waals surface area contributed by atoms with Crippen LogP contribution in [0.15, 0.2) is 34.9 Å². The molecule has 126 valence electrons. The maximum absolute atomic E-state index is 13.9. The molecule has 0 bridgehead atoms. The molecule has 0 radical (unpaired) electrons. The van der Waals surface area contributed by atoms with Gasteiger partial charge >= 0.3 is 0 Å². The van der Waals surface area contributed by atoms with Crippen molar-refractivity contribution in [2.24, 2.45) is 0 Å². The number of halogens is 3. The lowest BCUT2D eigenvalue weighted by molar-refractivity contribution is -0.0411. The molecule has 0 aliphatic carbocycles. The number of nitrogens with zero attached hydrogens (tertiary/aromatic N) is 2. The minimum absolute atomic E-state index is 0.283. The first-order valence-electron chi connectivity index (χ1n) is 8.04. The van der Waals surface area contributed by atoms with Crippen LogP contribution < -0.4 is 0 Å². The van der Waals surface area contributed by atoms with E-state index in [1.807, 2.05) is 6.20 Å². The molecule has 3 nitrogen and oxygen atoms in total. The molecule has 1 aromatic heterocycles. The molecule has 6 heteroatoms. The van der Waals surface area contributed by atoms with Crippen LogP contribution >= 0.6 is 15.9 Å². The number of benzene rings is 1. The van der Waals surface area contributed by atoms with Crippen molar-refractivity contribution in [2.75, 3.05) is 6.61 Å². The zero-order valence-corrected chi connectivity index (χ0v) is 14.6. The van der Waals surface area contributed by atoms with E-state index in [1.165, 1.54) is 17.7 Å². The largest absolute Gasteiger partial charge is 0.372 e. The molecular weight excluding hydrogens is 378 g/mol. The lowest BCUT2D eigenvalue weighted by Crippen LogP contribution is -2.38. The number of fused-ring (bicyclic) bond motifs is 1. The van der Waals surface area contributed by atoms with Gasteiger partial charge in [-0.05, 0) is 58.6 Å². The van der Waals surface area contributed by atoms with Crippen molar-refractivity contribution >= 4 is 15.9 Å². The summed E-state index contributed by atoms with van der Waals surface area (Å²) in [6.07, 6.45) is 3.04. The molecule has 3 heterocycles.